The van der Waals surface area contributed by atoms with Crippen LogP contribution in [0.5, 0.6) is 0 Å². The van der Waals surface area contributed by atoms with Crippen molar-refractivity contribution in [2.24, 2.45) is 0 Å². The predicted octanol–water partition coefficient (Wildman–Crippen LogP) is 2.46. The summed E-state index contributed by atoms with van der Waals surface area (Å²) in [6.45, 7) is 2.91. The van der Waals surface area contributed by atoms with Crippen LogP contribution in [-0.4, -0.2) is 22.9 Å². The fraction of sp³-hybridized carbons (Fsp3) is 0.500. The van der Waals surface area contributed by atoms with E-state index in [1.807, 2.05) is 0 Å². The summed E-state index contributed by atoms with van der Waals surface area (Å²) >= 11 is 0. The molecule has 1 saturated heterocycles. The van der Waals surface area contributed by atoms with Crippen molar-refractivity contribution >= 4 is 17.3 Å². The Morgan fingerprint density at radius 2 is 2.15 bits per heavy atom. The third kappa shape index (κ3) is 2.96. The molecule has 0 aromatic heterocycles. The minimum absolute atomic E-state index is 0.0188. The zero-order valence-corrected chi connectivity index (χ0v) is 11.5. The third-order valence-corrected chi connectivity index (χ3v) is 3.69. The Balaban J connectivity index is 2.08. The van der Waals surface area contributed by atoms with E-state index in [0.717, 1.165) is 32.2 Å². The first-order chi connectivity index (χ1) is 9.57. The molecule has 1 atom stereocenters. The lowest BCUT2D eigenvalue weighted by atomic mass is 9.91. The second-order valence-corrected chi connectivity index (χ2v) is 5.12. The maximum Gasteiger partial charge on any atom is 0.269 e. The summed E-state index contributed by atoms with van der Waals surface area (Å²) in [5.41, 5.74) is 0.117. The van der Waals surface area contributed by atoms with Gasteiger partial charge in [0.1, 0.15) is 0 Å². The fourth-order valence-corrected chi connectivity index (χ4v) is 2.67. The van der Waals surface area contributed by atoms with Crippen LogP contribution in [0.2, 0.25) is 0 Å². The maximum absolute atomic E-state index is 12.4. The number of carbonyl (C=O) groups is 1. The van der Waals surface area contributed by atoms with Gasteiger partial charge in [0.2, 0.25) is 5.91 Å². The largest absolute Gasteiger partial charge is 0.324 e. The molecule has 0 aliphatic carbocycles. The third-order valence-electron chi connectivity index (χ3n) is 3.69. The van der Waals surface area contributed by atoms with Gasteiger partial charge < -0.3 is 10.6 Å². The van der Waals surface area contributed by atoms with Crippen LogP contribution >= 0.6 is 0 Å². The van der Waals surface area contributed by atoms with Crippen molar-refractivity contribution in [1.29, 1.82) is 0 Å². The molecule has 6 nitrogen and oxygen atoms in total. The van der Waals surface area contributed by atoms with E-state index in [0.29, 0.717) is 5.69 Å². The lowest BCUT2D eigenvalue weighted by Crippen LogP contribution is -2.50. The average molecular weight is 277 g/mol. The first-order valence-electron chi connectivity index (χ1n) is 6.88. The van der Waals surface area contributed by atoms with Crippen molar-refractivity contribution < 1.29 is 9.72 Å². The standard InChI is InChI=1S/C14H19N3O3/c1-2-8-14(9-3-10-15-14)13(18)16-11-4-6-12(7-5-11)17(19)20/h4-7,15H,2-3,8-10H2,1H3,(H,16,18). The van der Waals surface area contributed by atoms with Crippen molar-refractivity contribution in [1.82, 2.24) is 5.32 Å². The molecule has 1 fully saturated rings. The number of anilines is 1. The topological polar surface area (TPSA) is 84.3 Å². The summed E-state index contributed by atoms with van der Waals surface area (Å²) in [6, 6.07) is 5.91. The van der Waals surface area contributed by atoms with Crippen molar-refractivity contribution in [3.63, 3.8) is 0 Å². The number of hydrogen-bond donors (Lipinski definition) is 2. The lowest BCUT2D eigenvalue weighted by Gasteiger charge is -2.27. The van der Waals surface area contributed by atoms with E-state index in [1.165, 1.54) is 12.1 Å². The van der Waals surface area contributed by atoms with E-state index in [4.69, 9.17) is 0 Å². The number of nitro benzene ring substituents is 1. The molecule has 0 bridgehead atoms. The van der Waals surface area contributed by atoms with Crippen LogP contribution in [0.25, 0.3) is 0 Å². The van der Waals surface area contributed by atoms with Crippen LogP contribution in [0.15, 0.2) is 24.3 Å². The van der Waals surface area contributed by atoms with Gasteiger partial charge in [0, 0.05) is 17.8 Å². The molecule has 1 aromatic carbocycles. The highest BCUT2D eigenvalue weighted by molar-refractivity contribution is 5.98. The zero-order valence-electron chi connectivity index (χ0n) is 11.5. The summed E-state index contributed by atoms with van der Waals surface area (Å²) in [4.78, 5) is 22.6. The number of carbonyl (C=O) groups excluding carboxylic acids is 1. The molecule has 0 spiro atoms. The molecule has 1 amide bonds. The smallest absolute Gasteiger partial charge is 0.269 e. The van der Waals surface area contributed by atoms with Crippen molar-refractivity contribution in [2.45, 2.75) is 38.1 Å². The van der Waals surface area contributed by atoms with E-state index < -0.39 is 10.5 Å². The molecule has 1 aliphatic heterocycles. The second-order valence-electron chi connectivity index (χ2n) is 5.12. The Morgan fingerprint density at radius 3 is 2.65 bits per heavy atom. The number of amides is 1. The molecule has 0 saturated carbocycles. The first-order valence-corrected chi connectivity index (χ1v) is 6.88. The Morgan fingerprint density at radius 1 is 1.45 bits per heavy atom. The maximum atomic E-state index is 12.4. The minimum Gasteiger partial charge on any atom is -0.324 e. The van der Waals surface area contributed by atoms with Crippen LogP contribution in [0.3, 0.4) is 0 Å². The predicted molar refractivity (Wildman–Crippen MR) is 76.6 cm³/mol. The molecule has 0 radical (unpaired) electrons. The molecule has 1 heterocycles. The molecule has 108 valence electrons. The number of nitro groups is 1. The van der Waals surface area contributed by atoms with E-state index in [-0.39, 0.29) is 11.6 Å². The van der Waals surface area contributed by atoms with Gasteiger partial charge in [-0.3, -0.25) is 14.9 Å². The van der Waals surface area contributed by atoms with Crippen LogP contribution in [-0.2, 0) is 4.79 Å². The van der Waals surface area contributed by atoms with Crippen LogP contribution in [0.4, 0.5) is 11.4 Å². The van der Waals surface area contributed by atoms with Crippen molar-refractivity contribution in [2.75, 3.05) is 11.9 Å². The van der Waals surface area contributed by atoms with Crippen LogP contribution in [0, 0.1) is 10.1 Å². The summed E-state index contributed by atoms with van der Waals surface area (Å²) in [5, 5.41) is 16.7. The molecule has 20 heavy (non-hydrogen) atoms. The number of non-ortho nitro benzene ring substituents is 1. The van der Waals surface area contributed by atoms with E-state index in [1.54, 1.807) is 12.1 Å². The second kappa shape index (κ2) is 6.00. The van der Waals surface area contributed by atoms with E-state index in [2.05, 4.69) is 17.6 Å². The molecular weight excluding hydrogens is 258 g/mol. The highest BCUT2D eigenvalue weighted by Gasteiger charge is 2.39. The zero-order chi connectivity index (χ0) is 14.6. The SMILES string of the molecule is CCCC1(C(=O)Nc2ccc([N+](=O)[O-])cc2)CCCN1. The van der Waals surface area contributed by atoms with Gasteiger partial charge in [-0.1, -0.05) is 13.3 Å². The molecule has 1 unspecified atom stereocenters. The quantitative estimate of drug-likeness (QED) is 0.639. The highest BCUT2D eigenvalue weighted by Crippen LogP contribution is 2.27. The van der Waals surface area contributed by atoms with Gasteiger partial charge >= 0.3 is 0 Å². The summed E-state index contributed by atoms with van der Waals surface area (Å²) in [7, 11) is 0. The number of nitrogens with one attached hydrogen (secondary N) is 2. The van der Waals surface area contributed by atoms with Crippen LogP contribution < -0.4 is 10.6 Å². The molecule has 1 aromatic rings. The first kappa shape index (κ1) is 14.5. The van der Waals surface area contributed by atoms with Gasteiger partial charge in [-0.25, -0.2) is 0 Å². The van der Waals surface area contributed by atoms with Gasteiger partial charge in [0.25, 0.3) is 5.69 Å². The normalized spacial score (nSPS) is 21.6. The number of hydrogen-bond acceptors (Lipinski definition) is 4. The van der Waals surface area contributed by atoms with Crippen molar-refractivity contribution in [3.8, 4) is 0 Å². The van der Waals surface area contributed by atoms with Gasteiger partial charge in [0.05, 0.1) is 10.5 Å². The van der Waals surface area contributed by atoms with Gasteiger partial charge in [0.15, 0.2) is 0 Å². The number of rotatable bonds is 5. The summed E-state index contributed by atoms with van der Waals surface area (Å²) < 4.78 is 0. The van der Waals surface area contributed by atoms with Crippen LogP contribution in [0.1, 0.15) is 32.6 Å². The summed E-state index contributed by atoms with van der Waals surface area (Å²) in [5.74, 6) is -0.0503. The lowest BCUT2D eigenvalue weighted by molar-refractivity contribution is -0.384. The van der Waals surface area contributed by atoms with E-state index in [9.17, 15) is 14.9 Å². The molecular formula is C14H19N3O3. The monoisotopic (exact) mass is 277 g/mol. The Hall–Kier alpha value is -1.95. The molecule has 2 rings (SSSR count). The van der Waals surface area contributed by atoms with Gasteiger partial charge in [-0.2, -0.15) is 0 Å². The Kier molecular flexibility index (Phi) is 4.34. The minimum atomic E-state index is -0.490. The molecule has 2 N–H and O–H groups in total. The molecule has 6 heteroatoms. The average Bonchev–Trinajstić information content (AvgIpc) is 2.89. The molecule has 1 aliphatic rings. The van der Waals surface area contributed by atoms with Gasteiger partial charge in [-0.05, 0) is 37.9 Å². The van der Waals surface area contributed by atoms with E-state index >= 15 is 0 Å². The number of nitrogens with zero attached hydrogens (tertiary/aromatic N) is 1. The highest BCUT2D eigenvalue weighted by atomic mass is 16.6. The fourth-order valence-electron chi connectivity index (χ4n) is 2.67. The Labute approximate surface area is 117 Å². The number of benzene rings is 1. The van der Waals surface area contributed by atoms with Gasteiger partial charge in [-0.15, -0.1) is 0 Å². The van der Waals surface area contributed by atoms with Crippen molar-refractivity contribution in [3.05, 3.63) is 34.4 Å². The summed E-state index contributed by atoms with van der Waals surface area (Å²) in [6.07, 6.45) is 3.56. The Bertz CT molecular complexity index is 493.